The van der Waals surface area contributed by atoms with Crippen molar-refractivity contribution < 1.29 is 4.79 Å². The summed E-state index contributed by atoms with van der Waals surface area (Å²) in [4.78, 5) is 13.8. The smallest absolute Gasteiger partial charge is 0.222 e. The lowest BCUT2D eigenvalue weighted by Crippen LogP contribution is -2.48. The summed E-state index contributed by atoms with van der Waals surface area (Å²) in [6.07, 6.45) is 9.34. The zero-order valence-corrected chi connectivity index (χ0v) is 10.1. The number of carbonyl (C=O) groups excluding carboxylic acids is 1. The second-order valence-electron chi connectivity index (χ2n) is 4.68. The number of nitrogens with two attached hydrogens (primary N) is 1. The van der Waals surface area contributed by atoms with Gasteiger partial charge in [0.25, 0.3) is 0 Å². The zero-order chi connectivity index (χ0) is 12.0. The van der Waals surface area contributed by atoms with Gasteiger partial charge in [0.05, 0.1) is 0 Å². The van der Waals surface area contributed by atoms with Crippen LogP contribution in [-0.2, 0) is 4.79 Å². The lowest BCUT2D eigenvalue weighted by molar-refractivity contribution is -0.133. The Kier molecular flexibility index (Phi) is 5.34. The van der Waals surface area contributed by atoms with Gasteiger partial charge in [-0.15, -0.1) is 12.3 Å². The van der Waals surface area contributed by atoms with Crippen LogP contribution in [0, 0.1) is 18.3 Å². The minimum absolute atomic E-state index is 0.255. The van der Waals surface area contributed by atoms with Gasteiger partial charge in [-0.1, -0.05) is 6.92 Å². The van der Waals surface area contributed by atoms with E-state index < -0.39 is 0 Å². The van der Waals surface area contributed by atoms with E-state index in [9.17, 15) is 4.79 Å². The third-order valence-electron chi connectivity index (χ3n) is 3.29. The van der Waals surface area contributed by atoms with Crippen LogP contribution in [0.25, 0.3) is 0 Å². The van der Waals surface area contributed by atoms with Gasteiger partial charge in [0.1, 0.15) is 0 Å². The monoisotopic (exact) mass is 222 g/mol. The van der Waals surface area contributed by atoms with Gasteiger partial charge in [-0.05, 0) is 25.2 Å². The molecule has 16 heavy (non-hydrogen) atoms. The summed E-state index contributed by atoms with van der Waals surface area (Å²) in [5, 5.41) is 0. The Morgan fingerprint density at radius 1 is 1.56 bits per heavy atom. The van der Waals surface area contributed by atoms with E-state index in [1.165, 1.54) is 0 Å². The van der Waals surface area contributed by atoms with Crippen LogP contribution in [0.4, 0.5) is 0 Å². The average Bonchev–Trinajstić information content (AvgIpc) is 2.28. The Labute approximate surface area is 98.4 Å². The Bertz CT molecular complexity index is 270. The van der Waals surface area contributed by atoms with Crippen LogP contribution >= 0.6 is 0 Å². The molecule has 1 fully saturated rings. The van der Waals surface area contributed by atoms with E-state index in [1.807, 2.05) is 4.90 Å². The molecule has 1 rings (SSSR count). The molecule has 0 aromatic rings. The number of nitrogens with zero attached hydrogens (tertiary/aromatic N) is 1. The molecule has 1 saturated heterocycles. The normalized spacial score (nSPS) is 25.2. The van der Waals surface area contributed by atoms with E-state index in [-0.39, 0.29) is 11.9 Å². The van der Waals surface area contributed by atoms with Crippen molar-refractivity contribution in [3.8, 4) is 12.3 Å². The van der Waals surface area contributed by atoms with E-state index in [2.05, 4.69) is 12.8 Å². The third kappa shape index (κ3) is 3.86. The van der Waals surface area contributed by atoms with Gasteiger partial charge >= 0.3 is 0 Å². The maximum absolute atomic E-state index is 11.8. The van der Waals surface area contributed by atoms with E-state index in [4.69, 9.17) is 12.2 Å². The molecule has 0 aromatic carbocycles. The second-order valence-corrected chi connectivity index (χ2v) is 4.68. The van der Waals surface area contributed by atoms with Crippen LogP contribution < -0.4 is 5.73 Å². The zero-order valence-electron chi connectivity index (χ0n) is 10.1. The largest absolute Gasteiger partial charge is 0.342 e. The SMILES string of the molecule is C#CCCCCC(=O)N1CCC(N)C(C)C1. The van der Waals surface area contributed by atoms with Gasteiger partial charge < -0.3 is 10.6 Å². The maximum atomic E-state index is 11.8. The highest BCUT2D eigenvalue weighted by Gasteiger charge is 2.25. The lowest BCUT2D eigenvalue weighted by Gasteiger charge is -2.35. The third-order valence-corrected chi connectivity index (χ3v) is 3.29. The van der Waals surface area contributed by atoms with E-state index in [1.54, 1.807) is 0 Å². The topological polar surface area (TPSA) is 46.3 Å². The summed E-state index contributed by atoms with van der Waals surface area (Å²) >= 11 is 0. The highest BCUT2D eigenvalue weighted by molar-refractivity contribution is 5.76. The molecule has 1 amide bonds. The number of hydrogen-bond donors (Lipinski definition) is 1. The van der Waals surface area contributed by atoms with Crippen molar-refractivity contribution in [1.29, 1.82) is 0 Å². The maximum Gasteiger partial charge on any atom is 0.222 e. The molecule has 0 bridgehead atoms. The van der Waals surface area contributed by atoms with Crippen LogP contribution in [0.5, 0.6) is 0 Å². The van der Waals surface area contributed by atoms with E-state index in [0.717, 1.165) is 38.8 Å². The number of likely N-dealkylation sites (tertiary alicyclic amines) is 1. The second kappa shape index (κ2) is 6.55. The van der Waals surface area contributed by atoms with Crippen molar-refractivity contribution in [1.82, 2.24) is 4.90 Å². The summed E-state index contributed by atoms with van der Waals surface area (Å²) in [5.74, 6) is 3.27. The minimum Gasteiger partial charge on any atom is -0.342 e. The van der Waals surface area contributed by atoms with Crippen LogP contribution in [0.1, 0.15) is 39.0 Å². The Morgan fingerprint density at radius 2 is 2.31 bits per heavy atom. The molecular formula is C13H22N2O. The van der Waals surface area contributed by atoms with Crippen molar-refractivity contribution in [3.05, 3.63) is 0 Å². The summed E-state index contributed by atoms with van der Waals surface area (Å²) in [6.45, 7) is 3.75. The predicted octanol–water partition coefficient (Wildman–Crippen LogP) is 1.38. The van der Waals surface area contributed by atoms with Crippen molar-refractivity contribution in [2.75, 3.05) is 13.1 Å². The van der Waals surface area contributed by atoms with Gasteiger partial charge in [0.2, 0.25) is 5.91 Å². The number of unbranched alkanes of at least 4 members (excludes halogenated alkanes) is 2. The van der Waals surface area contributed by atoms with Crippen molar-refractivity contribution >= 4 is 5.91 Å². The molecule has 0 aromatic heterocycles. The fourth-order valence-electron chi connectivity index (χ4n) is 2.05. The molecule has 2 unspecified atom stereocenters. The molecule has 2 N–H and O–H groups in total. The van der Waals surface area contributed by atoms with Crippen molar-refractivity contribution in [2.24, 2.45) is 11.7 Å². The molecule has 1 heterocycles. The summed E-state index contributed by atoms with van der Waals surface area (Å²) in [5.41, 5.74) is 5.92. The molecular weight excluding hydrogens is 200 g/mol. The van der Waals surface area contributed by atoms with E-state index >= 15 is 0 Å². The minimum atomic E-state index is 0.255. The molecule has 0 aliphatic carbocycles. The summed E-state index contributed by atoms with van der Waals surface area (Å²) in [6, 6.07) is 0.255. The van der Waals surface area contributed by atoms with Crippen LogP contribution in [0.2, 0.25) is 0 Å². The molecule has 2 atom stereocenters. The number of hydrogen-bond acceptors (Lipinski definition) is 2. The molecule has 90 valence electrons. The van der Waals surface area contributed by atoms with Crippen LogP contribution in [-0.4, -0.2) is 29.9 Å². The number of carbonyl (C=O) groups is 1. The number of rotatable bonds is 4. The molecule has 1 aliphatic rings. The van der Waals surface area contributed by atoms with Gasteiger partial charge in [-0.25, -0.2) is 0 Å². The molecule has 0 saturated carbocycles. The lowest BCUT2D eigenvalue weighted by atomic mass is 9.94. The first-order chi connectivity index (χ1) is 7.65. The van der Waals surface area contributed by atoms with Gasteiger partial charge in [0, 0.05) is 32.0 Å². The molecule has 0 radical (unpaired) electrons. The first-order valence-electron chi connectivity index (χ1n) is 6.12. The Hall–Kier alpha value is -1.01. The van der Waals surface area contributed by atoms with Gasteiger partial charge in [-0.2, -0.15) is 0 Å². The highest BCUT2D eigenvalue weighted by atomic mass is 16.2. The molecule has 0 spiro atoms. The molecule has 3 heteroatoms. The quantitative estimate of drug-likeness (QED) is 0.577. The fraction of sp³-hybridized carbons (Fsp3) is 0.769. The average molecular weight is 222 g/mol. The molecule has 1 aliphatic heterocycles. The molecule has 3 nitrogen and oxygen atoms in total. The van der Waals surface area contributed by atoms with E-state index in [0.29, 0.717) is 12.3 Å². The summed E-state index contributed by atoms with van der Waals surface area (Å²) in [7, 11) is 0. The number of terminal acetylenes is 1. The predicted molar refractivity (Wildman–Crippen MR) is 65.6 cm³/mol. The Morgan fingerprint density at radius 3 is 2.94 bits per heavy atom. The number of amides is 1. The standard InChI is InChI=1S/C13H22N2O/c1-3-4-5-6-7-13(16)15-9-8-12(14)11(2)10-15/h1,11-12H,4-10,14H2,2H3. The number of piperidine rings is 1. The first kappa shape index (κ1) is 13.1. The van der Waals surface area contributed by atoms with Gasteiger partial charge in [-0.3, -0.25) is 4.79 Å². The van der Waals surface area contributed by atoms with Crippen LogP contribution in [0.3, 0.4) is 0 Å². The fourth-order valence-corrected chi connectivity index (χ4v) is 2.05. The first-order valence-corrected chi connectivity index (χ1v) is 6.12. The van der Waals surface area contributed by atoms with Gasteiger partial charge in [0.15, 0.2) is 0 Å². The van der Waals surface area contributed by atoms with Crippen LogP contribution in [0.15, 0.2) is 0 Å². The van der Waals surface area contributed by atoms with Crippen molar-refractivity contribution in [2.45, 2.75) is 45.1 Å². The summed E-state index contributed by atoms with van der Waals surface area (Å²) < 4.78 is 0. The van der Waals surface area contributed by atoms with Crippen molar-refractivity contribution in [3.63, 3.8) is 0 Å². The Balaban J connectivity index is 2.24. The highest BCUT2D eigenvalue weighted by Crippen LogP contribution is 2.16.